The molecule has 1 aromatic rings. The third kappa shape index (κ3) is 5.35. The molecule has 25 heavy (non-hydrogen) atoms. The second-order valence-electron chi connectivity index (χ2n) is 6.10. The summed E-state index contributed by atoms with van der Waals surface area (Å²) in [4.78, 5) is 11.2. The van der Waals surface area contributed by atoms with Crippen LogP contribution in [0.3, 0.4) is 0 Å². The van der Waals surface area contributed by atoms with Gasteiger partial charge < -0.3 is 9.29 Å². The van der Waals surface area contributed by atoms with Gasteiger partial charge in [-0.3, -0.25) is 0 Å². The van der Waals surface area contributed by atoms with E-state index in [1.54, 1.807) is 20.8 Å². The van der Waals surface area contributed by atoms with Crippen LogP contribution in [0.2, 0.25) is 0 Å². The number of benzene rings is 1. The van der Waals surface area contributed by atoms with Crippen LogP contribution < -0.4 is 4.72 Å². The third-order valence-corrected chi connectivity index (χ3v) is 6.66. The first-order valence-electron chi connectivity index (χ1n) is 7.14. The van der Waals surface area contributed by atoms with Gasteiger partial charge in [0.1, 0.15) is 10.6 Å². The highest BCUT2D eigenvalue weighted by atomic mass is 127. The zero-order valence-electron chi connectivity index (χ0n) is 14.1. The van der Waals surface area contributed by atoms with E-state index < -0.39 is 37.4 Å². The first kappa shape index (κ1) is 22.3. The number of carbonyl (C=O) groups is 1. The van der Waals surface area contributed by atoms with Gasteiger partial charge in [-0.05, 0) is 55.5 Å². The molecular formula is C16H19F3INO3S. The zero-order valence-corrected chi connectivity index (χ0v) is 17.1. The molecule has 4 nitrogen and oxygen atoms in total. The van der Waals surface area contributed by atoms with Gasteiger partial charge in [0.05, 0.1) is 7.11 Å². The fourth-order valence-electron chi connectivity index (χ4n) is 1.68. The molecule has 0 bridgehead atoms. The maximum Gasteiger partial charge on any atom is 0.330 e. The van der Waals surface area contributed by atoms with Crippen LogP contribution >= 0.6 is 22.6 Å². The van der Waals surface area contributed by atoms with Crippen molar-refractivity contribution in [3.8, 4) is 0 Å². The van der Waals surface area contributed by atoms with Crippen molar-refractivity contribution in [3.05, 3.63) is 47.8 Å². The quantitative estimate of drug-likeness (QED) is 0.165. The molecule has 0 aliphatic carbocycles. The molecule has 0 radical (unpaired) electrons. The summed E-state index contributed by atoms with van der Waals surface area (Å²) in [5, 5.41) is 0. The van der Waals surface area contributed by atoms with Gasteiger partial charge in [0.2, 0.25) is 3.55 Å². The first-order chi connectivity index (χ1) is 11.3. The number of halogens is 4. The Kier molecular flexibility index (Phi) is 7.37. The molecule has 1 rings (SSSR count). The fraction of sp³-hybridized carbons (Fsp3) is 0.438. The molecule has 0 aromatic heterocycles. The van der Waals surface area contributed by atoms with Gasteiger partial charge in [0.25, 0.3) is 0 Å². The molecule has 9 heteroatoms. The fourth-order valence-corrected chi connectivity index (χ4v) is 3.70. The van der Waals surface area contributed by atoms with Crippen molar-refractivity contribution < 1.29 is 27.3 Å². The number of nitrogens with one attached hydrogen (secondary N) is 1. The predicted molar refractivity (Wildman–Crippen MR) is 99.2 cm³/mol. The number of ether oxygens (including phenoxy) is 1. The van der Waals surface area contributed by atoms with Crippen LogP contribution in [0, 0.1) is 5.82 Å². The molecule has 1 N–H and O–H groups in total. The lowest BCUT2D eigenvalue weighted by atomic mass is 10.0. The number of hydrogen-bond donors (Lipinski definition) is 1. The van der Waals surface area contributed by atoms with Crippen LogP contribution in [-0.4, -0.2) is 28.3 Å². The summed E-state index contributed by atoms with van der Waals surface area (Å²) in [5.74, 6) is -5.63. The number of hydrogen-bond acceptors (Lipinski definition) is 4. The number of carbonyl (C=O) groups excluding carboxylic acids is 1. The van der Waals surface area contributed by atoms with Crippen molar-refractivity contribution in [3.63, 3.8) is 0 Å². The molecule has 0 fully saturated rings. The van der Waals surface area contributed by atoms with Gasteiger partial charge in [-0.2, -0.15) is 8.78 Å². The minimum atomic E-state index is -3.76. The minimum Gasteiger partial charge on any atom is -0.598 e. The molecular weight excluding hydrogens is 470 g/mol. The normalized spacial score (nSPS) is 16.5. The van der Waals surface area contributed by atoms with E-state index in [4.69, 9.17) is 0 Å². The van der Waals surface area contributed by atoms with Gasteiger partial charge in [0, 0.05) is 23.0 Å². The summed E-state index contributed by atoms with van der Waals surface area (Å²) in [7, 11) is 1.05. The number of methoxy groups -OCH3 is 1. The summed E-state index contributed by atoms with van der Waals surface area (Å²) >= 11 is -0.607. The second-order valence-corrected chi connectivity index (χ2v) is 9.69. The van der Waals surface area contributed by atoms with E-state index >= 15 is 0 Å². The topological polar surface area (TPSA) is 61.4 Å². The van der Waals surface area contributed by atoms with Gasteiger partial charge in [-0.1, -0.05) is 18.2 Å². The first-order valence-corrected chi connectivity index (χ1v) is 9.36. The number of rotatable bonds is 6. The molecule has 2 atom stereocenters. The minimum absolute atomic E-state index is 0.310. The van der Waals surface area contributed by atoms with E-state index in [1.807, 2.05) is 0 Å². The molecule has 0 amide bonds. The Hall–Kier alpha value is -0.780. The molecule has 0 saturated carbocycles. The Morgan fingerprint density at radius 3 is 2.36 bits per heavy atom. The van der Waals surface area contributed by atoms with E-state index in [9.17, 15) is 22.5 Å². The van der Waals surface area contributed by atoms with E-state index in [1.165, 1.54) is 40.8 Å². The monoisotopic (exact) mass is 489 g/mol. The summed E-state index contributed by atoms with van der Waals surface area (Å²) in [6.07, 6.45) is 0.862. The molecule has 0 aliphatic heterocycles. The highest BCUT2D eigenvalue weighted by Gasteiger charge is 2.57. The standard InChI is InChI=1S/C16H19F3INO3S/c1-14(2,3)25(23)21-16(20,11-7-5-6-8-12(11)17)15(18,19)10-9-13(22)24-4/h5-10,21H,1-4H3/b10-9+/t16-,25?/m1/s1. The lowest BCUT2D eigenvalue weighted by molar-refractivity contribution is -0.135. The van der Waals surface area contributed by atoms with Gasteiger partial charge in [-0.25, -0.2) is 9.18 Å². The van der Waals surface area contributed by atoms with E-state index in [0.717, 1.165) is 13.2 Å². The Bertz CT molecular complexity index is 652. The smallest absolute Gasteiger partial charge is 0.330 e. The van der Waals surface area contributed by atoms with Crippen LogP contribution in [-0.2, 0) is 24.4 Å². The average molecular weight is 489 g/mol. The van der Waals surface area contributed by atoms with Gasteiger partial charge in [-0.15, -0.1) is 4.72 Å². The van der Waals surface area contributed by atoms with Gasteiger partial charge in [0.15, 0.2) is 0 Å². The maximum atomic E-state index is 14.9. The Morgan fingerprint density at radius 2 is 1.88 bits per heavy atom. The second kappa shape index (κ2) is 8.28. The largest absolute Gasteiger partial charge is 0.598 e. The zero-order chi connectivity index (χ0) is 19.5. The van der Waals surface area contributed by atoms with E-state index in [2.05, 4.69) is 9.46 Å². The lowest BCUT2D eigenvalue weighted by Crippen LogP contribution is -2.56. The summed E-state index contributed by atoms with van der Waals surface area (Å²) in [6, 6.07) is 4.96. The molecule has 0 aliphatic rings. The highest BCUT2D eigenvalue weighted by Crippen LogP contribution is 2.46. The Labute approximate surface area is 161 Å². The summed E-state index contributed by atoms with van der Waals surface area (Å²) in [5.41, 5.74) is -0.382. The predicted octanol–water partition coefficient (Wildman–Crippen LogP) is 3.83. The molecule has 140 valence electrons. The molecule has 0 heterocycles. The van der Waals surface area contributed by atoms with Crippen molar-refractivity contribution in [2.45, 2.75) is 35.0 Å². The summed E-state index contributed by atoms with van der Waals surface area (Å²) in [6.45, 7) is 4.78. The SMILES string of the molecule is COC(=O)/C=C/C(F)(F)[C@](I)(N[S+]([O-])C(C)(C)C)c1ccccc1F. The Morgan fingerprint density at radius 1 is 1.32 bits per heavy atom. The molecule has 1 aromatic carbocycles. The van der Waals surface area contributed by atoms with Crippen molar-refractivity contribution in [2.24, 2.45) is 0 Å². The molecule has 0 saturated heterocycles. The lowest BCUT2D eigenvalue weighted by Gasteiger charge is -2.37. The van der Waals surface area contributed by atoms with E-state index in [-0.39, 0.29) is 5.56 Å². The maximum absolute atomic E-state index is 14.9. The van der Waals surface area contributed by atoms with Crippen molar-refractivity contribution >= 4 is 39.9 Å². The number of esters is 1. The highest BCUT2D eigenvalue weighted by molar-refractivity contribution is 14.1. The van der Waals surface area contributed by atoms with Crippen LogP contribution in [0.15, 0.2) is 36.4 Å². The summed E-state index contributed by atoms with van der Waals surface area (Å²) < 4.78 is 59.9. The van der Waals surface area contributed by atoms with Crippen LogP contribution in [0.1, 0.15) is 26.3 Å². The molecule has 0 spiro atoms. The Balaban J connectivity index is 3.44. The van der Waals surface area contributed by atoms with E-state index in [0.29, 0.717) is 12.2 Å². The van der Waals surface area contributed by atoms with Crippen molar-refractivity contribution in [1.29, 1.82) is 0 Å². The third-order valence-electron chi connectivity index (χ3n) is 3.12. The van der Waals surface area contributed by atoms with Crippen LogP contribution in [0.25, 0.3) is 0 Å². The van der Waals surface area contributed by atoms with Crippen molar-refractivity contribution in [1.82, 2.24) is 4.72 Å². The molecule has 1 unspecified atom stereocenters. The van der Waals surface area contributed by atoms with Crippen molar-refractivity contribution in [2.75, 3.05) is 7.11 Å². The van der Waals surface area contributed by atoms with Gasteiger partial charge >= 0.3 is 11.9 Å². The van der Waals surface area contributed by atoms with Crippen LogP contribution in [0.4, 0.5) is 13.2 Å². The average Bonchev–Trinajstić information content (AvgIpc) is 2.51. The number of alkyl halides is 3. The van der Waals surface area contributed by atoms with Crippen LogP contribution in [0.5, 0.6) is 0 Å².